The van der Waals surface area contributed by atoms with E-state index in [4.69, 9.17) is 4.74 Å². The van der Waals surface area contributed by atoms with Crippen molar-refractivity contribution in [2.24, 2.45) is 0 Å². The van der Waals surface area contributed by atoms with Gasteiger partial charge in [0.1, 0.15) is 5.75 Å². The Labute approximate surface area is 199 Å². The van der Waals surface area contributed by atoms with Crippen LogP contribution in [0.3, 0.4) is 0 Å². The van der Waals surface area contributed by atoms with Crippen molar-refractivity contribution in [3.8, 4) is 5.75 Å². The van der Waals surface area contributed by atoms with E-state index in [9.17, 15) is 9.90 Å². The number of hydrogen-bond donors (Lipinski definition) is 2. The summed E-state index contributed by atoms with van der Waals surface area (Å²) in [6.45, 7) is 8.45. The molecule has 2 N–H and O–H groups in total. The molecule has 3 aliphatic rings. The van der Waals surface area contributed by atoms with E-state index in [1.165, 1.54) is 29.5 Å². The summed E-state index contributed by atoms with van der Waals surface area (Å²) in [7, 11) is 0. The Balaban J connectivity index is 1.20. The van der Waals surface area contributed by atoms with Gasteiger partial charge in [-0.3, -0.25) is 19.7 Å². The van der Waals surface area contributed by atoms with Crippen LogP contribution in [-0.2, 0) is 30.9 Å². The van der Waals surface area contributed by atoms with Crippen LogP contribution in [0.25, 0.3) is 10.9 Å². The number of carbonyl (C=O) groups excluding carboxylic acids is 1. The van der Waals surface area contributed by atoms with E-state index in [2.05, 4.69) is 38.2 Å². The molecule has 2 saturated heterocycles. The highest BCUT2D eigenvalue weighted by Gasteiger charge is 2.27. The fourth-order valence-corrected chi connectivity index (χ4v) is 5.43. The highest BCUT2D eigenvalue weighted by atomic mass is 16.5. The van der Waals surface area contributed by atoms with Gasteiger partial charge >= 0.3 is 0 Å². The second-order valence-electron chi connectivity index (χ2n) is 9.72. The molecule has 0 unspecified atom stereocenters. The number of phenolic OH excluding ortho intramolecular Hbond substituents is 1. The number of hydrogen-bond acceptors (Lipinski definition) is 6. The average Bonchev–Trinajstić information content (AvgIpc) is 3.59. The molecule has 0 saturated carbocycles. The van der Waals surface area contributed by atoms with Crippen molar-refractivity contribution in [1.29, 1.82) is 0 Å². The standard InChI is InChI=1S/C26H31N5O3/c32-25-13-23-21(24(28-27-23)17-29-5-1-2-6-29)12-22(25)26(33)31-15-19-4-3-18(11-20(19)16-31)14-30-7-9-34-10-8-30/h3-4,11-13,32H,1-2,5-10,14-17H2,(H,27,28). The molecule has 1 amide bonds. The van der Waals surface area contributed by atoms with Crippen molar-refractivity contribution in [2.45, 2.75) is 39.0 Å². The number of carbonyl (C=O) groups is 1. The number of aromatic amines is 1. The first-order chi connectivity index (χ1) is 16.6. The maximum Gasteiger partial charge on any atom is 0.258 e. The molecule has 1 aromatic heterocycles. The van der Waals surface area contributed by atoms with Crippen LogP contribution in [0.5, 0.6) is 5.75 Å². The van der Waals surface area contributed by atoms with Crippen LogP contribution >= 0.6 is 0 Å². The number of nitrogens with zero attached hydrogens (tertiary/aromatic N) is 4. The number of amides is 1. The summed E-state index contributed by atoms with van der Waals surface area (Å²) in [6, 6.07) is 9.99. The van der Waals surface area contributed by atoms with E-state index in [1.54, 1.807) is 6.07 Å². The largest absolute Gasteiger partial charge is 0.507 e. The molecule has 4 heterocycles. The summed E-state index contributed by atoms with van der Waals surface area (Å²) in [6.07, 6.45) is 2.44. The van der Waals surface area contributed by atoms with Crippen molar-refractivity contribution in [2.75, 3.05) is 39.4 Å². The third-order valence-corrected chi connectivity index (χ3v) is 7.35. The lowest BCUT2D eigenvalue weighted by Gasteiger charge is -2.26. The normalized spacial score (nSPS) is 19.2. The van der Waals surface area contributed by atoms with Gasteiger partial charge in [0.05, 0.1) is 30.0 Å². The van der Waals surface area contributed by atoms with Crippen LogP contribution in [-0.4, -0.2) is 75.3 Å². The molecular weight excluding hydrogens is 430 g/mol. The van der Waals surface area contributed by atoms with Gasteiger partial charge in [0.15, 0.2) is 0 Å². The Bertz CT molecular complexity index is 1210. The monoisotopic (exact) mass is 461 g/mol. The van der Waals surface area contributed by atoms with Crippen LogP contribution in [0.1, 0.15) is 45.6 Å². The summed E-state index contributed by atoms with van der Waals surface area (Å²) in [5.74, 6) is -0.142. The molecule has 3 aromatic rings. The van der Waals surface area contributed by atoms with Gasteiger partial charge in [0, 0.05) is 50.7 Å². The number of phenols is 1. The SMILES string of the molecule is O=C(c1cc2c(CN3CCCC3)n[nH]c2cc1O)N1Cc2ccc(CN3CCOCC3)cc2C1. The third kappa shape index (κ3) is 4.17. The Hall–Kier alpha value is -2.94. The number of rotatable bonds is 5. The molecule has 0 bridgehead atoms. The molecule has 8 nitrogen and oxygen atoms in total. The number of fused-ring (bicyclic) bond motifs is 2. The van der Waals surface area contributed by atoms with Gasteiger partial charge in [-0.25, -0.2) is 0 Å². The number of aromatic nitrogens is 2. The highest BCUT2D eigenvalue weighted by molar-refractivity contribution is 6.01. The molecule has 0 spiro atoms. The van der Waals surface area contributed by atoms with Gasteiger partial charge in [0.2, 0.25) is 0 Å². The summed E-state index contributed by atoms with van der Waals surface area (Å²) < 4.78 is 5.45. The number of H-pyrrole nitrogens is 1. The molecular formula is C26H31N5O3. The second-order valence-corrected chi connectivity index (χ2v) is 9.72. The van der Waals surface area contributed by atoms with Crippen LogP contribution in [0.2, 0.25) is 0 Å². The molecule has 6 rings (SSSR count). The molecule has 0 atom stereocenters. The number of morpholine rings is 1. The van der Waals surface area contributed by atoms with E-state index in [-0.39, 0.29) is 11.7 Å². The van der Waals surface area contributed by atoms with Gasteiger partial charge in [0.25, 0.3) is 5.91 Å². The first-order valence-electron chi connectivity index (χ1n) is 12.3. The molecule has 178 valence electrons. The summed E-state index contributed by atoms with van der Waals surface area (Å²) in [5, 5.41) is 19.1. The predicted octanol–water partition coefficient (Wildman–Crippen LogP) is 2.85. The maximum atomic E-state index is 13.5. The smallest absolute Gasteiger partial charge is 0.258 e. The van der Waals surface area contributed by atoms with Gasteiger partial charge in [-0.2, -0.15) is 5.10 Å². The number of nitrogens with one attached hydrogen (secondary N) is 1. The Morgan fingerprint density at radius 1 is 0.971 bits per heavy atom. The molecule has 2 fully saturated rings. The second kappa shape index (κ2) is 9.02. The Kier molecular flexibility index (Phi) is 5.72. The fraction of sp³-hybridized carbons (Fsp3) is 0.462. The molecule has 8 heteroatoms. The molecule has 2 aromatic carbocycles. The van der Waals surface area contributed by atoms with Crippen LogP contribution in [0, 0.1) is 0 Å². The molecule has 34 heavy (non-hydrogen) atoms. The van der Waals surface area contributed by atoms with E-state index >= 15 is 0 Å². The summed E-state index contributed by atoms with van der Waals surface area (Å²) in [5.41, 5.74) is 5.68. The van der Waals surface area contributed by atoms with Crippen molar-refractivity contribution < 1.29 is 14.6 Å². The lowest BCUT2D eigenvalue weighted by Crippen LogP contribution is -2.35. The van der Waals surface area contributed by atoms with E-state index in [0.717, 1.165) is 69.1 Å². The summed E-state index contributed by atoms with van der Waals surface area (Å²) in [4.78, 5) is 20.1. The van der Waals surface area contributed by atoms with Crippen LogP contribution < -0.4 is 0 Å². The lowest BCUT2D eigenvalue weighted by atomic mass is 10.1. The van der Waals surface area contributed by atoms with Gasteiger partial charge in [-0.15, -0.1) is 0 Å². The topological polar surface area (TPSA) is 84.9 Å². The van der Waals surface area contributed by atoms with Crippen molar-refractivity contribution in [3.05, 3.63) is 58.3 Å². The van der Waals surface area contributed by atoms with Crippen molar-refractivity contribution in [1.82, 2.24) is 24.9 Å². The van der Waals surface area contributed by atoms with Gasteiger partial charge in [-0.1, -0.05) is 18.2 Å². The minimum absolute atomic E-state index is 0.00200. The zero-order valence-electron chi connectivity index (χ0n) is 19.4. The maximum absolute atomic E-state index is 13.5. The Morgan fingerprint density at radius 3 is 2.56 bits per heavy atom. The predicted molar refractivity (Wildman–Crippen MR) is 128 cm³/mol. The number of benzene rings is 2. The van der Waals surface area contributed by atoms with Crippen LogP contribution in [0.4, 0.5) is 0 Å². The number of aromatic hydroxyl groups is 1. The van der Waals surface area contributed by atoms with Crippen molar-refractivity contribution in [3.63, 3.8) is 0 Å². The fourth-order valence-electron chi connectivity index (χ4n) is 5.43. The molecule has 0 radical (unpaired) electrons. The number of likely N-dealkylation sites (tertiary alicyclic amines) is 1. The zero-order chi connectivity index (χ0) is 23.1. The van der Waals surface area contributed by atoms with Gasteiger partial charge < -0.3 is 14.7 Å². The first-order valence-corrected chi connectivity index (χ1v) is 12.3. The van der Waals surface area contributed by atoms with Crippen LogP contribution in [0.15, 0.2) is 30.3 Å². The van der Waals surface area contributed by atoms with Gasteiger partial charge in [-0.05, 0) is 48.7 Å². The summed E-state index contributed by atoms with van der Waals surface area (Å²) >= 11 is 0. The Morgan fingerprint density at radius 2 is 1.74 bits per heavy atom. The molecule has 0 aliphatic carbocycles. The van der Waals surface area contributed by atoms with Crippen molar-refractivity contribution >= 4 is 16.8 Å². The minimum atomic E-state index is -0.140. The highest BCUT2D eigenvalue weighted by Crippen LogP contribution is 2.31. The average molecular weight is 462 g/mol. The van der Waals surface area contributed by atoms with E-state index in [0.29, 0.717) is 18.7 Å². The molecule has 3 aliphatic heterocycles. The lowest BCUT2D eigenvalue weighted by molar-refractivity contribution is 0.0342. The minimum Gasteiger partial charge on any atom is -0.507 e. The van der Waals surface area contributed by atoms with E-state index < -0.39 is 0 Å². The first kappa shape index (κ1) is 21.6. The van der Waals surface area contributed by atoms with E-state index in [1.807, 2.05) is 11.0 Å². The zero-order valence-corrected chi connectivity index (χ0v) is 19.4. The number of ether oxygens (including phenoxy) is 1. The quantitative estimate of drug-likeness (QED) is 0.608. The third-order valence-electron chi connectivity index (χ3n) is 7.35.